The highest BCUT2D eigenvalue weighted by molar-refractivity contribution is 7.90. The molecule has 1 aromatic carbocycles. The first kappa shape index (κ1) is 26.3. The van der Waals surface area contributed by atoms with Crippen molar-refractivity contribution in [3.8, 4) is 0 Å². The molecule has 188 valence electrons. The number of ether oxygens (including phenoxy) is 1. The molecule has 3 amide bonds. The van der Waals surface area contributed by atoms with Gasteiger partial charge in [0.25, 0.3) is 0 Å². The fraction of sp³-hybridized carbons (Fsp3) is 0.417. The van der Waals surface area contributed by atoms with Gasteiger partial charge in [0.1, 0.15) is 11.7 Å². The molecule has 1 fully saturated rings. The summed E-state index contributed by atoms with van der Waals surface area (Å²) in [6.45, 7) is 3.08. The topological polar surface area (TPSA) is 135 Å². The van der Waals surface area contributed by atoms with Crippen molar-refractivity contribution < 1.29 is 27.5 Å². The third-order valence-electron chi connectivity index (χ3n) is 5.52. The minimum absolute atomic E-state index is 0.185. The van der Waals surface area contributed by atoms with E-state index in [1.807, 2.05) is 0 Å². The predicted octanol–water partition coefficient (Wildman–Crippen LogP) is 1.18. The number of urea groups is 1. The molecule has 3 rings (SSSR count). The van der Waals surface area contributed by atoms with Crippen molar-refractivity contribution in [1.82, 2.24) is 20.5 Å². The molecule has 0 aliphatic carbocycles. The van der Waals surface area contributed by atoms with Gasteiger partial charge in [0.05, 0.1) is 30.8 Å². The summed E-state index contributed by atoms with van der Waals surface area (Å²) in [7, 11) is -3.79. The van der Waals surface area contributed by atoms with Gasteiger partial charge in [-0.1, -0.05) is 43.3 Å². The Morgan fingerprint density at radius 3 is 2.31 bits per heavy atom. The average molecular weight is 503 g/mol. The fourth-order valence-electron chi connectivity index (χ4n) is 3.64. The predicted molar refractivity (Wildman–Crippen MR) is 129 cm³/mol. The number of nitrogens with zero attached hydrogens (tertiary/aromatic N) is 2. The number of rotatable bonds is 10. The highest BCUT2D eigenvalue weighted by atomic mass is 32.2. The molecule has 0 bridgehead atoms. The number of hydrogen-bond donors (Lipinski definition) is 2. The van der Waals surface area contributed by atoms with Crippen LogP contribution in [0.5, 0.6) is 0 Å². The number of amides is 3. The Kier molecular flexibility index (Phi) is 9.32. The van der Waals surface area contributed by atoms with E-state index in [0.717, 1.165) is 0 Å². The van der Waals surface area contributed by atoms with Gasteiger partial charge in [-0.25, -0.2) is 13.2 Å². The van der Waals surface area contributed by atoms with Gasteiger partial charge < -0.3 is 20.3 Å². The Labute approximate surface area is 205 Å². The molecular weight excluding hydrogens is 472 g/mol. The molecule has 2 atom stereocenters. The Bertz CT molecular complexity index is 1110. The maximum atomic E-state index is 13.2. The Morgan fingerprint density at radius 2 is 1.69 bits per heavy atom. The number of nitrogens with one attached hydrogen (secondary N) is 2. The van der Waals surface area contributed by atoms with Crippen LogP contribution in [0.1, 0.15) is 29.4 Å². The van der Waals surface area contributed by atoms with E-state index in [1.165, 1.54) is 11.1 Å². The van der Waals surface area contributed by atoms with Crippen LogP contribution in [-0.4, -0.2) is 80.2 Å². The van der Waals surface area contributed by atoms with E-state index in [4.69, 9.17) is 4.74 Å². The summed E-state index contributed by atoms with van der Waals surface area (Å²) >= 11 is 0. The van der Waals surface area contributed by atoms with Gasteiger partial charge in [0, 0.05) is 19.3 Å². The molecule has 1 aliphatic rings. The Balaban J connectivity index is 1.76. The second kappa shape index (κ2) is 12.4. The monoisotopic (exact) mass is 502 g/mol. The fourth-order valence-corrected chi connectivity index (χ4v) is 5.20. The zero-order valence-corrected chi connectivity index (χ0v) is 20.4. The van der Waals surface area contributed by atoms with Crippen LogP contribution in [0.25, 0.3) is 0 Å². The molecule has 35 heavy (non-hydrogen) atoms. The van der Waals surface area contributed by atoms with Crippen molar-refractivity contribution in [2.75, 3.05) is 32.1 Å². The minimum Gasteiger partial charge on any atom is -0.378 e. The number of sulfone groups is 1. The van der Waals surface area contributed by atoms with Gasteiger partial charge in [-0.15, -0.1) is 0 Å². The van der Waals surface area contributed by atoms with E-state index in [0.29, 0.717) is 31.9 Å². The largest absolute Gasteiger partial charge is 0.378 e. The highest BCUT2D eigenvalue weighted by Crippen LogP contribution is 2.10. The summed E-state index contributed by atoms with van der Waals surface area (Å²) in [5.74, 6) is -2.04. The third kappa shape index (κ3) is 7.86. The van der Waals surface area contributed by atoms with Gasteiger partial charge >= 0.3 is 6.03 Å². The molecule has 10 nitrogen and oxygen atoms in total. The average Bonchev–Trinajstić information content (AvgIpc) is 2.87. The van der Waals surface area contributed by atoms with E-state index in [9.17, 15) is 22.8 Å². The molecule has 0 spiro atoms. The first-order chi connectivity index (χ1) is 16.8. The van der Waals surface area contributed by atoms with Crippen LogP contribution in [0.15, 0.2) is 54.7 Å². The van der Waals surface area contributed by atoms with Crippen molar-refractivity contribution in [1.29, 1.82) is 0 Å². The molecule has 0 radical (unpaired) electrons. The number of hydrogen-bond acceptors (Lipinski definition) is 7. The summed E-state index contributed by atoms with van der Waals surface area (Å²) in [5.41, 5.74) is 0.758. The van der Waals surface area contributed by atoms with E-state index in [-0.39, 0.29) is 17.9 Å². The molecule has 2 aromatic rings. The van der Waals surface area contributed by atoms with Crippen LogP contribution in [-0.2, 0) is 25.1 Å². The number of Topliss-reactive ketones (excluding diaryl/α,β-unsaturated/α-hetero) is 1. The highest BCUT2D eigenvalue weighted by Gasteiger charge is 2.32. The summed E-state index contributed by atoms with van der Waals surface area (Å²) in [6.07, 6.45) is 1.74. The lowest BCUT2D eigenvalue weighted by molar-refractivity contribution is -0.123. The van der Waals surface area contributed by atoms with Crippen molar-refractivity contribution >= 4 is 27.6 Å². The van der Waals surface area contributed by atoms with Gasteiger partial charge in [-0.05, 0) is 24.1 Å². The van der Waals surface area contributed by atoms with Crippen molar-refractivity contribution in [2.24, 2.45) is 0 Å². The molecule has 1 aromatic heterocycles. The number of benzene rings is 1. The summed E-state index contributed by atoms with van der Waals surface area (Å²) in [6, 6.07) is 10.6. The van der Waals surface area contributed by atoms with E-state index < -0.39 is 45.4 Å². The van der Waals surface area contributed by atoms with Crippen LogP contribution in [0, 0.1) is 0 Å². The standard InChI is InChI=1S/C24H30N4O6S/c1-2-19(22(29)20-10-6-7-11-25-20)26-23(30)21(27-24(31)28-12-14-34-15-13-28)17-35(32,33)16-18-8-4-3-5-9-18/h3-11,19,21H,2,12-17H2,1H3,(H,26,30)(H,27,31)/t19-,21-/m0/s1. The molecule has 1 aliphatic heterocycles. The van der Waals surface area contributed by atoms with Crippen LogP contribution in [0.3, 0.4) is 0 Å². The maximum absolute atomic E-state index is 13.2. The third-order valence-corrected chi connectivity index (χ3v) is 7.14. The zero-order valence-electron chi connectivity index (χ0n) is 19.6. The zero-order chi connectivity index (χ0) is 25.3. The van der Waals surface area contributed by atoms with E-state index >= 15 is 0 Å². The summed E-state index contributed by atoms with van der Waals surface area (Å²) in [4.78, 5) is 44.3. The molecule has 0 unspecified atom stereocenters. The lowest BCUT2D eigenvalue weighted by Gasteiger charge is -2.29. The van der Waals surface area contributed by atoms with Crippen LogP contribution in [0.2, 0.25) is 0 Å². The molecule has 1 saturated heterocycles. The van der Waals surface area contributed by atoms with Crippen LogP contribution in [0.4, 0.5) is 4.79 Å². The van der Waals surface area contributed by atoms with Crippen molar-refractivity contribution in [3.05, 3.63) is 66.0 Å². The van der Waals surface area contributed by atoms with Crippen molar-refractivity contribution in [2.45, 2.75) is 31.2 Å². The normalized spacial score (nSPS) is 15.6. The smallest absolute Gasteiger partial charge is 0.318 e. The molecule has 11 heteroatoms. The summed E-state index contributed by atoms with van der Waals surface area (Å²) < 4.78 is 31.1. The second-order valence-corrected chi connectivity index (χ2v) is 10.3. The number of carbonyl (C=O) groups is 3. The number of ketones is 1. The van der Waals surface area contributed by atoms with E-state index in [2.05, 4.69) is 15.6 Å². The molecule has 2 N–H and O–H groups in total. The number of carbonyl (C=O) groups excluding carboxylic acids is 3. The van der Waals surface area contributed by atoms with Gasteiger partial charge in [0.15, 0.2) is 9.84 Å². The van der Waals surface area contributed by atoms with Gasteiger partial charge in [-0.2, -0.15) is 0 Å². The number of morpholine rings is 1. The van der Waals surface area contributed by atoms with Gasteiger partial charge in [0.2, 0.25) is 11.7 Å². The SMILES string of the molecule is CC[C@H](NC(=O)[C@H](CS(=O)(=O)Cc1ccccc1)NC(=O)N1CCOCC1)C(=O)c1ccccn1. The molecule has 0 saturated carbocycles. The van der Waals surface area contributed by atoms with Crippen LogP contribution < -0.4 is 10.6 Å². The van der Waals surface area contributed by atoms with Crippen LogP contribution >= 0.6 is 0 Å². The number of aromatic nitrogens is 1. The summed E-state index contributed by atoms with van der Waals surface area (Å²) in [5, 5.41) is 5.16. The first-order valence-corrected chi connectivity index (χ1v) is 13.2. The maximum Gasteiger partial charge on any atom is 0.318 e. The molecule has 2 heterocycles. The van der Waals surface area contributed by atoms with Gasteiger partial charge in [-0.3, -0.25) is 14.6 Å². The lowest BCUT2D eigenvalue weighted by Crippen LogP contribution is -2.57. The Morgan fingerprint density at radius 1 is 1.00 bits per heavy atom. The molecular formula is C24H30N4O6S. The number of pyridine rings is 1. The second-order valence-electron chi connectivity index (χ2n) is 8.19. The Hall–Kier alpha value is -3.31. The van der Waals surface area contributed by atoms with E-state index in [1.54, 1.807) is 55.5 Å². The quantitative estimate of drug-likeness (QED) is 0.466. The van der Waals surface area contributed by atoms with Crippen molar-refractivity contribution in [3.63, 3.8) is 0 Å². The first-order valence-electron chi connectivity index (χ1n) is 11.4. The minimum atomic E-state index is -3.79. The lowest BCUT2D eigenvalue weighted by atomic mass is 10.1.